The van der Waals surface area contributed by atoms with Crippen molar-refractivity contribution in [2.45, 2.75) is 19.9 Å². The Balaban J connectivity index is 1.45. The van der Waals surface area contributed by atoms with Gasteiger partial charge in [0.2, 0.25) is 0 Å². The van der Waals surface area contributed by atoms with Gasteiger partial charge in [-0.15, -0.1) is 0 Å². The van der Waals surface area contributed by atoms with E-state index < -0.39 is 0 Å². The molecular formula is C20H24N6. The van der Waals surface area contributed by atoms with Gasteiger partial charge in [-0.3, -0.25) is 15.0 Å². The molecule has 1 aliphatic rings. The molecule has 3 N–H and O–H groups in total. The molecule has 0 saturated carbocycles. The number of allylic oxidation sites excluding steroid dienone is 1. The van der Waals surface area contributed by atoms with Crippen LogP contribution in [-0.4, -0.2) is 44.7 Å². The number of rotatable bonds is 4. The van der Waals surface area contributed by atoms with Gasteiger partial charge in [-0.1, -0.05) is 24.3 Å². The Morgan fingerprint density at radius 2 is 2.19 bits per heavy atom. The fraction of sp³-hybridized carbons (Fsp3) is 0.300. The van der Waals surface area contributed by atoms with Crippen molar-refractivity contribution in [3.63, 3.8) is 0 Å². The summed E-state index contributed by atoms with van der Waals surface area (Å²) in [5.74, 6) is 6.20. The van der Waals surface area contributed by atoms with Gasteiger partial charge in [0.25, 0.3) is 0 Å². The summed E-state index contributed by atoms with van der Waals surface area (Å²) in [5, 5.41) is 10.1. The van der Waals surface area contributed by atoms with Crippen molar-refractivity contribution in [3.05, 3.63) is 71.3 Å². The summed E-state index contributed by atoms with van der Waals surface area (Å²) in [4.78, 5) is 6.90. The van der Waals surface area contributed by atoms with E-state index in [9.17, 15) is 0 Å². The Kier molecular flexibility index (Phi) is 4.69. The van der Waals surface area contributed by atoms with E-state index in [1.807, 2.05) is 23.5 Å². The summed E-state index contributed by atoms with van der Waals surface area (Å²) in [6.07, 6.45) is 6.72. The van der Waals surface area contributed by atoms with E-state index in [-0.39, 0.29) is 0 Å². The molecule has 26 heavy (non-hydrogen) atoms. The molecule has 4 rings (SSSR count). The molecular weight excluding hydrogens is 324 g/mol. The fourth-order valence-corrected chi connectivity index (χ4v) is 3.40. The number of fused-ring (bicyclic) bond motifs is 1. The number of aromatic nitrogens is 3. The highest BCUT2D eigenvalue weighted by atomic mass is 15.4. The third-order valence-electron chi connectivity index (χ3n) is 4.97. The van der Waals surface area contributed by atoms with Crippen LogP contribution < -0.4 is 5.84 Å². The average molecular weight is 348 g/mol. The smallest absolute Gasteiger partial charge is 0.0653 e. The van der Waals surface area contributed by atoms with Crippen LogP contribution in [0, 0.1) is 6.92 Å². The monoisotopic (exact) mass is 348 g/mol. The van der Waals surface area contributed by atoms with Crippen molar-refractivity contribution < 1.29 is 0 Å². The molecule has 0 amide bonds. The number of hydrogen-bond donors (Lipinski definition) is 2. The van der Waals surface area contributed by atoms with E-state index in [0.717, 1.165) is 54.9 Å². The molecule has 2 aromatic heterocycles. The molecule has 0 bridgehead atoms. The highest BCUT2D eigenvalue weighted by molar-refractivity contribution is 5.78. The number of piperazine rings is 1. The Morgan fingerprint density at radius 1 is 1.27 bits per heavy atom. The van der Waals surface area contributed by atoms with E-state index in [1.54, 1.807) is 0 Å². The summed E-state index contributed by atoms with van der Waals surface area (Å²) in [7, 11) is 0. The Morgan fingerprint density at radius 3 is 3.08 bits per heavy atom. The van der Waals surface area contributed by atoms with Gasteiger partial charge in [0.15, 0.2) is 0 Å². The molecule has 6 nitrogen and oxygen atoms in total. The van der Waals surface area contributed by atoms with E-state index in [2.05, 4.69) is 57.3 Å². The lowest BCUT2D eigenvalue weighted by molar-refractivity contribution is 0.171. The molecule has 0 atom stereocenters. The number of benzene rings is 1. The molecule has 0 radical (unpaired) electrons. The van der Waals surface area contributed by atoms with Crippen LogP contribution in [0.4, 0.5) is 0 Å². The summed E-state index contributed by atoms with van der Waals surface area (Å²) >= 11 is 0. The number of aryl methyl sites for hydroxylation is 1. The predicted octanol–water partition coefficient (Wildman–Crippen LogP) is 2.38. The summed E-state index contributed by atoms with van der Waals surface area (Å²) in [6.45, 7) is 5.64. The molecule has 1 aliphatic heterocycles. The van der Waals surface area contributed by atoms with Crippen LogP contribution in [0.25, 0.3) is 10.9 Å². The lowest BCUT2D eigenvalue weighted by atomic mass is 10.1. The lowest BCUT2D eigenvalue weighted by Gasteiger charge is -2.35. The molecule has 0 spiro atoms. The minimum Gasteiger partial charge on any atom is -0.313 e. The topological polar surface area (TPSA) is 74.1 Å². The Hall–Kier alpha value is -2.70. The number of hydrogen-bond acceptors (Lipinski definition) is 5. The quantitative estimate of drug-likeness (QED) is 0.708. The van der Waals surface area contributed by atoms with Gasteiger partial charge in [-0.2, -0.15) is 5.10 Å². The van der Waals surface area contributed by atoms with Crippen molar-refractivity contribution >= 4 is 10.9 Å². The molecule has 6 heteroatoms. The molecule has 1 aromatic carbocycles. The first-order valence-electron chi connectivity index (χ1n) is 8.95. The van der Waals surface area contributed by atoms with E-state index >= 15 is 0 Å². The molecule has 0 aliphatic carbocycles. The second-order valence-electron chi connectivity index (χ2n) is 6.86. The average Bonchev–Trinajstić information content (AvgIpc) is 3.11. The number of aromatic amines is 1. The third-order valence-corrected chi connectivity index (χ3v) is 4.97. The zero-order valence-electron chi connectivity index (χ0n) is 15.0. The number of hydrazine groups is 1. The van der Waals surface area contributed by atoms with E-state index in [4.69, 9.17) is 5.84 Å². The largest absolute Gasteiger partial charge is 0.313 e. The van der Waals surface area contributed by atoms with Crippen LogP contribution in [0.5, 0.6) is 0 Å². The summed E-state index contributed by atoms with van der Waals surface area (Å²) < 4.78 is 0. The van der Waals surface area contributed by atoms with Crippen molar-refractivity contribution in [1.82, 2.24) is 25.1 Å². The molecule has 3 aromatic rings. The fourth-order valence-electron chi connectivity index (χ4n) is 3.40. The van der Waals surface area contributed by atoms with Crippen molar-refractivity contribution in [2.75, 3.05) is 19.6 Å². The minimum atomic E-state index is 0.809. The number of H-pyrrole nitrogens is 1. The van der Waals surface area contributed by atoms with E-state index in [0.29, 0.717) is 0 Å². The normalized spacial score (nSPS) is 17.3. The van der Waals surface area contributed by atoms with Gasteiger partial charge in [0.1, 0.15) is 0 Å². The molecule has 0 unspecified atom stereocenters. The number of nitrogens with one attached hydrogen (secondary N) is 1. The van der Waals surface area contributed by atoms with Gasteiger partial charge in [-0.05, 0) is 30.2 Å². The lowest BCUT2D eigenvalue weighted by Crippen LogP contribution is -2.47. The van der Waals surface area contributed by atoms with Crippen LogP contribution in [0.15, 0.2) is 54.5 Å². The van der Waals surface area contributed by atoms with Crippen LogP contribution in [0.1, 0.15) is 16.8 Å². The first kappa shape index (κ1) is 16.8. The van der Waals surface area contributed by atoms with Crippen molar-refractivity contribution in [2.24, 2.45) is 5.84 Å². The van der Waals surface area contributed by atoms with Crippen molar-refractivity contribution in [1.29, 1.82) is 0 Å². The number of nitrogens with zero attached hydrogens (tertiary/aromatic N) is 4. The van der Waals surface area contributed by atoms with E-state index in [1.165, 1.54) is 11.1 Å². The first-order chi connectivity index (χ1) is 12.7. The van der Waals surface area contributed by atoms with Crippen molar-refractivity contribution in [3.8, 4) is 0 Å². The van der Waals surface area contributed by atoms with Gasteiger partial charge in [0.05, 0.1) is 11.7 Å². The highest BCUT2D eigenvalue weighted by Gasteiger charge is 2.19. The molecule has 1 fully saturated rings. The second-order valence-corrected chi connectivity index (χ2v) is 6.86. The maximum atomic E-state index is 6.20. The zero-order valence-corrected chi connectivity index (χ0v) is 15.0. The van der Waals surface area contributed by atoms with Crippen LogP contribution >= 0.6 is 0 Å². The highest BCUT2D eigenvalue weighted by Crippen LogP contribution is 2.18. The predicted molar refractivity (Wildman–Crippen MR) is 103 cm³/mol. The molecule has 134 valence electrons. The maximum Gasteiger partial charge on any atom is 0.0653 e. The standard InChI is InChI=1S/C20H24N6/c1-15-3-2-8-22-19(15)7-6-18-14-25(9-10-26(18)21)13-16-4-5-17-12-23-24-20(17)11-16/h2-6,8,11-12H,7,9-10,13-14,21H2,1H3,(H,23,24)/b18-6-. The maximum absolute atomic E-state index is 6.20. The van der Waals surface area contributed by atoms with Gasteiger partial charge < -0.3 is 5.01 Å². The summed E-state index contributed by atoms with van der Waals surface area (Å²) in [5.41, 5.74) is 5.85. The number of nitrogens with two attached hydrogens (primary N) is 1. The zero-order chi connectivity index (χ0) is 17.9. The van der Waals surface area contributed by atoms with Gasteiger partial charge >= 0.3 is 0 Å². The summed E-state index contributed by atoms with van der Waals surface area (Å²) in [6, 6.07) is 10.5. The van der Waals surface area contributed by atoms with Crippen LogP contribution in [0.3, 0.4) is 0 Å². The van der Waals surface area contributed by atoms with Gasteiger partial charge in [0, 0.05) is 55.6 Å². The second kappa shape index (κ2) is 7.27. The SMILES string of the molecule is Cc1cccnc1C/C=C1/CN(Cc2ccc3cn[nH]c3c2)CCN1N. The van der Waals surface area contributed by atoms with Crippen LogP contribution in [-0.2, 0) is 13.0 Å². The third kappa shape index (κ3) is 3.61. The minimum absolute atomic E-state index is 0.809. The Labute approximate surface area is 153 Å². The molecule has 3 heterocycles. The van der Waals surface area contributed by atoms with Crippen LogP contribution in [0.2, 0.25) is 0 Å². The van der Waals surface area contributed by atoms with Gasteiger partial charge in [-0.25, -0.2) is 5.84 Å². The Bertz CT molecular complexity index is 929. The first-order valence-corrected chi connectivity index (χ1v) is 8.95. The molecule has 1 saturated heterocycles. The number of pyridine rings is 1.